The zero-order valence-corrected chi connectivity index (χ0v) is 19.0. The number of anilines is 2. The van der Waals surface area contributed by atoms with E-state index in [4.69, 9.17) is 4.98 Å². The van der Waals surface area contributed by atoms with Crippen LogP contribution < -0.4 is 10.6 Å². The molecule has 1 aromatic carbocycles. The molecular formula is C26H31N5O. The topological polar surface area (TPSA) is 70.1 Å². The van der Waals surface area contributed by atoms with Gasteiger partial charge in [0.15, 0.2) is 0 Å². The molecule has 2 aromatic heterocycles. The number of hydrogen-bond acceptors (Lipinski definition) is 5. The first-order valence-corrected chi connectivity index (χ1v) is 11.2. The molecule has 0 saturated carbocycles. The predicted molar refractivity (Wildman–Crippen MR) is 128 cm³/mol. The lowest BCUT2D eigenvalue weighted by Gasteiger charge is -2.40. The van der Waals surface area contributed by atoms with Crippen molar-refractivity contribution in [2.24, 2.45) is 5.92 Å². The summed E-state index contributed by atoms with van der Waals surface area (Å²) in [4.78, 5) is 25.0. The second-order valence-corrected chi connectivity index (χ2v) is 9.14. The molecule has 2 N–H and O–H groups in total. The summed E-state index contributed by atoms with van der Waals surface area (Å²) in [7, 11) is 0. The lowest BCUT2D eigenvalue weighted by molar-refractivity contribution is -0.122. The zero-order chi connectivity index (χ0) is 22.6. The molecule has 4 rings (SSSR count). The van der Waals surface area contributed by atoms with Gasteiger partial charge in [0, 0.05) is 32.4 Å². The quantitative estimate of drug-likeness (QED) is 0.580. The number of pyridine rings is 2. The monoisotopic (exact) mass is 429 g/mol. The van der Waals surface area contributed by atoms with Crippen molar-refractivity contribution in [3.8, 4) is 0 Å². The molecule has 6 heteroatoms. The van der Waals surface area contributed by atoms with Gasteiger partial charge < -0.3 is 10.6 Å². The van der Waals surface area contributed by atoms with Crippen molar-refractivity contribution in [1.29, 1.82) is 0 Å². The third-order valence-corrected chi connectivity index (χ3v) is 5.80. The molecule has 0 bridgehead atoms. The Bertz CT molecular complexity index is 1050. The van der Waals surface area contributed by atoms with E-state index in [2.05, 4.69) is 64.7 Å². The molecule has 166 valence electrons. The molecule has 0 aliphatic carbocycles. The van der Waals surface area contributed by atoms with Crippen molar-refractivity contribution in [3.63, 3.8) is 0 Å². The molecule has 1 aliphatic heterocycles. The van der Waals surface area contributed by atoms with Crippen LogP contribution in [0.5, 0.6) is 0 Å². The van der Waals surface area contributed by atoms with Crippen LogP contribution in [0.2, 0.25) is 0 Å². The molecule has 6 nitrogen and oxygen atoms in total. The van der Waals surface area contributed by atoms with E-state index in [9.17, 15) is 4.79 Å². The smallest absolute Gasteiger partial charge is 0.237 e. The van der Waals surface area contributed by atoms with Crippen LogP contribution in [0.1, 0.15) is 37.6 Å². The largest absolute Gasteiger partial charge is 0.370 e. The fourth-order valence-electron chi connectivity index (χ4n) is 4.16. The molecule has 3 heterocycles. The number of carbonyl (C=O) groups is 1. The lowest BCUT2D eigenvalue weighted by Crippen LogP contribution is -2.51. The highest BCUT2D eigenvalue weighted by molar-refractivity contribution is 5.99. The van der Waals surface area contributed by atoms with Gasteiger partial charge in [0.05, 0.1) is 17.6 Å². The highest BCUT2D eigenvalue weighted by Gasteiger charge is 2.43. The van der Waals surface area contributed by atoms with Crippen molar-refractivity contribution >= 4 is 17.4 Å². The maximum atomic E-state index is 13.6. The van der Waals surface area contributed by atoms with E-state index in [1.807, 2.05) is 31.2 Å². The van der Waals surface area contributed by atoms with E-state index in [1.54, 1.807) is 12.4 Å². The van der Waals surface area contributed by atoms with Crippen molar-refractivity contribution in [3.05, 3.63) is 83.8 Å². The van der Waals surface area contributed by atoms with Crippen LogP contribution in [-0.2, 0) is 23.3 Å². The third-order valence-electron chi connectivity index (χ3n) is 5.80. The van der Waals surface area contributed by atoms with Gasteiger partial charge in [-0.3, -0.25) is 14.7 Å². The number of fused-ring (bicyclic) bond motifs is 1. The predicted octanol–water partition coefficient (Wildman–Crippen LogP) is 4.46. The number of amides is 1. The minimum Gasteiger partial charge on any atom is -0.370 e. The highest BCUT2D eigenvalue weighted by atomic mass is 16.2. The fraction of sp³-hybridized carbons (Fsp3) is 0.346. The van der Waals surface area contributed by atoms with Gasteiger partial charge in [0.25, 0.3) is 0 Å². The SMILES string of the molecule is CC(C)CNc1ccc2c(n1)C(C)(C(=O)Nc1cccnc1)CN(Cc1ccccc1)C2. The molecule has 3 aromatic rings. The van der Waals surface area contributed by atoms with Gasteiger partial charge in [0.1, 0.15) is 11.2 Å². The van der Waals surface area contributed by atoms with Gasteiger partial charge in [-0.15, -0.1) is 0 Å². The van der Waals surface area contributed by atoms with Crippen LogP contribution in [0.15, 0.2) is 67.0 Å². The average molecular weight is 430 g/mol. The summed E-state index contributed by atoms with van der Waals surface area (Å²) < 4.78 is 0. The van der Waals surface area contributed by atoms with Crippen molar-refractivity contribution in [1.82, 2.24) is 14.9 Å². The third kappa shape index (κ3) is 4.97. The first kappa shape index (κ1) is 22.0. The van der Waals surface area contributed by atoms with Crippen LogP contribution >= 0.6 is 0 Å². The summed E-state index contributed by atoms with van der Waals surface area (Å²) in [6.45, 7) is 9.29. The average Bonchev–Trinajstić information content (AvgIpc) is 2.79. The molecule has 1 aliphatic rings. The van der Waals surface area contributed by atoms with Crippen LogP contribution in [0.25, 0.3) is 0 Å². The molecule has 1 unspecified atom stereocenters. The number of rotatable bonds is 7. The van der Waals surface area contributed by atoms with Gasteiger partial charge in [-0.2, -0.15) is 0 Å². The summed E-state index contributed by atoms with van der Waals surface area (Å²) in [6.07, 6.45) is 3.36. The maximum absolute atomic E-state index is 13.6. The number of nitrogens with zero attached hydrogens (tertiary/aromatic N) is 3. The van der Waals surface area contributed by atoms with Crippen molar-refractivity contribution < 1.29 is 4.79 Å². The normalized spacial score (nSPS) is 18.2. The van der Waals surface area contributed by atoms with Crippen molar-refractivity contribution in [2.45, 2.75) is 39.3 Å². The number of nitrogens with one attached hydrogen (secondary N) is 2. The molecule has 32 heavy (non-hydrogen) atoms. The Morgan fingerprint density at radius 1 is 1.12 bits per heavy atom. The number of hydrogen-bond donors (Lipinski definition) is 2. The number of carbonyl (C=O) groups excluding carboxylic acids is 1. The fourth-order valence-corrected chi connectivity index (χ4v) is 4.16. The summed E-state index contributed by atoms with van der Waals surface area (Å²) in [5, 5.41) is 6.46. The Hall–Kier alpha value is -3.25. The van der Waals surface area contributed by atoms with E-state index < -0.39 is 5.41 Å². The van der Waals surface area contributed by atoms with Gasteiger partial charge in [-0.05, 0) is 42.2 Å². The standard InChI is InChI=1S/C26H31N5O/c1-19(2)14-28-23-12-11-21-17-31(16-20-8-5-4-6-9-20)18-26(3,24(21)30-23)25(32)29-22-10-7-13-27-15-22/h4-13,15,19H,14,16-18H2,1-3H3,(H,28,30)(H,29,32). The van der Waals surface area contributed by atoms with E-state index in [1.165, 1.54) is 5.56 Å². The summed E-state index contributed by atoms with van der Waals surface area (Å²) >= 11 is 0. The van der Waals surface area contributed by atoms with E-state index in [0.717, 1.165) is 36.7 Å². The summed E-state index contributed by atoms with van der Waals surface area (Å²) in [5.41, 5.74) is 3.06. The molecule has 1 atom stereocenters. The van der Waals surface area contributed by atoms with Crippen molar-refractivity contribution in [2.75, 3.05) is 23.7 Å². The minimum absolute atomic E-state index is 0.0713. The van der Waals surface area contributed by atoms with Gasteiger partial charge in [-0.1, -0.05) is 50.2 Å². The molecular weight excluding hydrogens is 398 g/mol. The molecule has 0 spiro atoms. The van der Waals surface area contributed by atoms with E-state index in [-0.39, 0.29) is 5.91 Å². The van der Waals surface area contributed by atoms with Gasteiger partial charge >= 0.3 is 0 Å². The first-order chi connectivity index (χ1) is 15.4. The van der Waals surface area contributed by atoms with E-state index >= 15 is 0 Å². The number of aromatic nitrogens is 2. The Balaban J connectivity index is 1.66. The Labute approximate surface area is 190 Å². The second-order valence-electron chi connectivity index (χ2n) is 9.14. The molecule has 0 saturated heterocycles. The minimum atomic E-state index is -0.798. The Kier molecular flexibility index (Phi) is 6.51. The highest BCUT2D eigenvalue weighted by Crippen LogP contribution is 2.35. The summed E-state index contributed by atoms with van der Waals surface area (Å²) in [6, 6.07) is 18.2. The Morgan fingerprint density at radius 2 is 1.94 bits per heavy atom. The van der Waals surface area contributed by atoms with Gasteiger partial charge in [0.2, 0.25) is 5.91 Å². The van der Waals surface area contributed by atoms with Crippen LogP contribution in [0.3, 0.4) is 0 Å². The Morgan fingerprint density at radius 3 is 2.66 bits per heavy atom. The maximum Gasteiger partial charge on any atom is 0.237 e. The van der Waals surface area contributed by atoms with Crippen LogP contribution in [0.4, 0.5) is 11.5 Å². The number of benzene rings is 1. The zero-order valence-electron chi connectivity index (χ0n) is 19.0. The summed E-state index contributed by atoms with van der Waals surface area (Å²) in [5.74, 6) is 1.25. The van der Waals surface area contributed by atoms with Crippen LogP contribution in [0, 0.1) is 5.92 Å². The van der Waals surface area contributed by atoms with Crippen LogP contribution in [-0.4, -0.2) is 33.9 Å². The van der Waals surface area contributed by atoms with E-state index in [0.29, 0.717) is 18.2 Å². The van der Waals surface area contributed by atoms with Gasteiger partial charge in [-0.25, -0.2) is 4.98 Å². The lowest BCUT2D eigenvalue weighted by atomic mass is 9.79. The molecule has 1 amide bonds. The second kappa shape index (κ2) is 9.49. The molecule has 0 radical (unpaired) electrons. The first-order valence-electron chi connectivity index (χ1n) is 11.2. The molecule has 0 fully saturated rings.